The van der Waals surface area contributed by atoms with Crippen molar-refractivity contribution in [3.8, 4) is 5.75 Å². The molecule has 1 N–H and O–H groups in total. The smallest absolute Gasteiger partial charge is 0.387 e. The Kier molecular flexibility index (Phi) is 5.54. The maximum Gasteiger partial charge on any atom is 0.387 e. The molecule has 0 unspecified atom stereocenters. The summed E-state index contributed by atoms with van der Waals surface area (Å²) in [5.41, 5.74) is 0.695. The first-order chi connectivity index (χ1) is 10.4. The number of nitrogens with one attached hydrogen (secondary N) is 1. The van der Waals surface area contributed by atoms with Gasteiger partial charge in [-0.2, -0.15) is 8.78 Å². The maximum atomic E-state index is 12.2. The lowest BCUT2D eigenvalue weighted by Gasteiger charge is -2.35. The quantitative estimate of drug-likeness (QED) is 0.929. The highest BCUT2D eigenvalue weighted by atomic mass is 19.3. The van der Waals surface area contributed by atoms with E-state index in [4.69, 9.17) is 4.74 Å². The third-order valence-electron chi connectivity index (χ3n) is 3.27. The normalized spacial score (nSPS) is 21.8. The van der Waals surface area contributed by atoms with E-state index in [2.05, 4.69) is 10.1 Å². The van der Waals surface area contributed by atoms with Gasteiger partial charge in [0.1, 0.15) is 5.75 Å². The topological polar surface area (TPSA) is 50.8 Å². The first-order valence-electron chi connectivity index (χ1n) is 7.16. The van der Waals surface area contributed by atoms with Crippen LogP contribution >= 0.6 is 0 Å². The molecule has 1 aliphatic heterocycles. The highest BCUT2D eigenvalue weighted by Crippen LogP contribution is 2.16. The highest BCUT2D eigenvalue weighted by Gasteiger charge is 2.25. The molecule has 7 heteroatoms. The lowest BCUT2D eigenvalue weighted by atomic mass is 10.2. The molecule has 2 amide bonds. The molecule has 0 saturated carbocycles. The molecule has 0 aliphatic carbocycles. The van der Waals surface area contributed by atoms with Gasteiger partial charge in [-0.15, -0.1) is 0 Å². The summed E-state index contributed by atoms with van der Waals surface area (Å²) in [5.74, 6) is 0.0790. The molecule has 1 fully saturated rings. The van der Waals surface area contributed by atoms with Crippen LogP contribution < -0.4 is 10.1 Å². The van der Waals surface area contributed by atoms with Crippen LogP contribution in [0.5, 0.6) is 5.75 Å². The van der Waals surface area contributed by atoms with Crippen LogP contribution in [0.3, 0.4) is 0 Å². The van der Waals surface area contributed by atoms with Crippen LogP contribution in [0.2, 0.25) is 0 Å². The Bertz CT molecular complexity index is 503. The van der Waals surface area contributed by atoms with Crippen molar-refractivity contribution in [2.75, 3.05) is 13.1 Å². The molecule has 0 spiro atoms. The Balaban J connectivity index is 1.88. The Labute approximate surface area is 128 Å². The fraction of sp³-hybridized carbons (Fsp3) is 0.533. The summed E-state index contributed by atoms with van der Waals surface area (Å²) in [6.45, 7) is 2.29. The fourth-order valence-corrected chi connectivity index (χ4v) is 2.46. The predicted octanol–water partition coefficient (Wildman–Crippen LogP) is 2.61. The van der Waals surface area contributed by atoms with Crippen molar-refractivity contribution in [1.82, 2.24) is 10.2 Å². The number of amides is 2. The van der Waals surface area contributed by atoms with Gasteiger partial charge in [-0.1, -0.05) is 12.1 Å². The van der Waals surface area contributed by atoms with E-state index < -0.39 is 6.61 Å². The molecule has 122 valence electrons. The Morgan fingerprint density at radius 2 is 2.09 bits per heavy atom. The summed E-state index contributed by atoms with van der Waals surface area (Å²) >= 11 is 0. The number of halogens is 2. The molecule has 22 heavy (non-hydrogen) atoms. The third-order valence-corrected chi connectivity index (χ3v) is 3.27. The number of carbonyl (C=O) groups excluding carboxylic acids is 1. The van der Waals surface area contributed by atoms with Crippen LogP contribution in [0.15, 0.2) is 24.3 Å². The van der Waals surface area contributed by atoms with Crippen molar-refractivity contribution in [2.24, 2.45) is 0 Å². The number of alkyl halides is 2. The van der Waals surface area contributed by atoms with Gasteiger partial charge in [-0.05, 0) is 31.5 Å². The van der Waals surface area contributed by atoms with E-state index in [1.54, 1.807) is 17.0 Å². The first kappa shape index (κ1) is 16.5. The van der Waals surface area contributed by atoms with Crippen molar-refractivity contribution in [1.29, 1.82) is 0 Å². The minimum atomic E-state index is -2.86. The molecule has 1 aliphatic rings. The van der Waals surface area contributed by atoms with Gasteiger partial charge in [0.15, 0.2) is 0 Å². The number of hydrogen-bond acceptors (Lipinski definition) is 3. The summed E-state index contributed by atoms with van der Waals surface area (Å²) in [7, 11) is 0. The molecule has 1 aromatic carbocycles. The molecule has 1 saturated heterocycles. The van der Waals surface area contributed by atoms with Crippen molar-refractivity contribution in [3.63, 3.8) is 0 Å². The summed E-state index contributed by atoms with van der Waals surface area (Å²) in [5, 5.41) is 2.78. The number of urea groups is 1. The van der Waals surface area contributed by atoms with E-state index in [1.807, 2.05) is 13.8 Å². The molecule has 1 aromatic rings. The van der Waals surface area contributed by atoms with Crippen molar-refractivity contribution in [3.05, 3.63) is 29.8 Å². The van der Waals surface area contributed by atoms with Crippen molar-refractivity contribution < 1.29 is 23.0 Å². The molecule has 2 rings (SSSR count). The average molecular weight is 314 g/mol. The van der Waals surface area contributed by atoms with Crippen LogP contribution in [-0.2, 0) is 11.3 Å². The Hall–Kier alpha value is -1.89. The van der Waals surface area contributed by atoms with Gasteiger partial charge in [0.05, 0.1) is 12.2 Å². The molecule has 0 radical (unpaired) electrons. The van der Waals surface area contributed by atoms with Crippen molar-refractivity contribution >= 4 is 6.03 Å². The number of nitrogens with zero attached hydrogens (tertiary/aromatic N) is 1. The van der Waals surface area contributed by atoms with E-state index in [1.165, 1.54) is 12.1 Å². The SMILES string of the molecule is C[C@@H]1CN(C(=O)NCc2cccc(OC(F)F)c2)C[C@@H](C)O1. The predicted molar refractivity (Wildman–Crippen MR) is 76.9 cm³/mol. The Morgan fingerprint density at radius 1 is 1.41 bits per heavy atom. The zero-order valence-corrected chi connectivity index (χ0v) is 12.6. The number of ether oxygens (including phenoxy) is 2. The largest absolute Gasteiger partial charge is 0.435 e. The number of benzene rings is 1. The summed E-state index contributed by atoms with van der Waals surface area (Å²) < 4.78 is 34.2. The van der Waals surface area contributed by atoms with Crippen LogP contribution in [0, 0.1) is 0 Å². The number of rotatable bonds is 4. The number of carbonyl (C=O) groups is 1. The molecule has 0 aromatic heterocycles. The second-order valence-corrected chi connectivity index (χ2v) is 5.35. The van der Waals surface area contributed by atoms with Crippen LogP contribution in [0.1, 0.15) is 19.4 Å². The van der Waals surface area contributed by atoms with Crippen molar-refractivity contribution in [2.45, 2.75) is 39.2 Å². The highest BCUT2D eigenvalue weighted by molar-refractivity contribution is 5.74. The minimum absolute atomic E-state index is 0.00253. The monoisotopic (exact) mass is 314 g/mol. The summed E-state index contributed by atoms with van der Waals surface area (Å²) in [6, 6.07) is 6.09. The molecular formula is C15H20F2N2O3. The van der Waals surface area contributed by atoms with E-state index in [-0.39, 0.29) is 30.5 Å². The van der Waals surface area contributed by atoms with E-state index in [0.717, 1.165) is 0 Å². The van der Waals surface area contributed by atoms with E-state index in [9.17, 15) is 13.6 Å². The van der Waals surface area contributed by atoms with Gasteiger partial charge in [0.25, 0.3) is 0 Å². The van der Waals surface area contributed by atoms with E-state index in [0.29, 0.717) is 18.7 Å². The van der Waals surface area contributed by atoms with Gasteiger partial charge in [-0.25, -0.2) is 4.79 Å². The first-order valence-corrected chi connectivity index (χ1v) is 7.16. The summed E-state index contributed by atoms with van der Waals surface area (Å²) in [6.07, 6.45) is -0.00506. The van der Waals surface area contributed by atoms with Crippen LogP contribution in [-0.4, -0.2) is 42.8 Å². The van der Waals surface area contributed by atoms with Gasteiger partial charge < -0.3 is 19.7 Å². The third kappa shape index (κ3) is 4.84. The summed E-state index contributed by atoms with van der Waals surface area (Å²) in [4.78, 5) is 13.8. The van der Waals surface area contributed by atoms with Gasteiger partial charge in [0.2, 0.25) is 0 Å². The van der Waals surface area contributed by atoms with Gasteiger partial charge >= 0.3 is 12.6 Å². The lowest BCUT2D eigenvalue weighted by molar-refractivity contribution is -0.0545. The molecular weight excluding hydrogens is 294 g/mol. The average Bonchev–Trinajstić information content (AvgIpc) is 2.43. The maximum absolute atomic E-state index is 12.2. The number of hydrogen-bond donors (Lipinski definition) is 1. The fourth-order valence-electron chi connectivity index (χ4n) is 2.46. The van der Waals surface area contributed by atoms with Gasteiger partial charge in [0, 0.05) is 19.6 Å². The van der Waals surface area contributed by atoms with Crippen LogP contribution in [0.4, 0.5) is 13.6 Å². The zero-order valence-electron chi connectivity index (χ0n) is 12.6. The number of morpholine rings is 1. The minimum Gasteiger partial charge on any atom is -0.435 e. The van der Waals surface area contributed by atoms with Crippen LogP contribution in [0.25, 0.3) is 0 Å². The van der Waals surface area contributed by atoms with Gasteiger partial charge in [-0.3, -0.25) is 0 Å². The standard InChI is InChI=1S/C15H20F2N2O3/c1-10-8-19(9-11(2)21-10)15(20)18-7-12-4-3-5-13(6-12)22-14(16)17/h3-6,10-11,14H,7-9H2,1-2H3,(H,18,20)/t10-,11-/m1/s1. The molecule has 5 nitrogen and oxygen atoms in total. The second-order valence-electron chi connectivity index (χ2n) is 5.35. The molecule has 1 heterocycles. The second kappa shape index (κ2) is 7.40. The molecule has 2 atom stereocenters. The van der Waals surface area contributed by atoms with E-state index >= 15 is 0 Å². The zero-order chi connectivity index (χ0) is 16.1. The lowest BCUT2D eigenvalue weighted by Crippen LogP contribution is -2.51. The molecule has 0 bridgehead atoms. The Morgan fingerprint density at radius 3 is 2.73 bits per heavy atom.